The van der Waals surface area contributed by atoms with Crippen molar-refractivity contribution in [2.24, 2.45) is 0 Å². The molecule has 0 amide bonds. The van der Waals surface area contributed by atoms with Crippen LogP contribution in [0, 0.1) is 5.82 Å². The molecule has 20 heavy (non-hydrogen) atoms. The van der Waals surface area contributed by atoms with Crippen molar-refractivity contribution in [1.29, 1.82) is 0 Å². The fraction of sp³-hybridized carbons (Fsp3) is 0.200. The summed E-state index contributed by atoms with van der Waals surface area (Å²) in [7, 11) is 1.89. The lowest BCUT2D eigenvalue weighted by Gasteiger charge is -2.12. The predicted molar refractivity (Wildman–Crippen MR) is 84.9 cm³/mol. The van der Waals surface area contributed by atoms with Gasteiger partial charge >= 0.3 is 0 Å². The molecule has 0 aliphatic carbocycles. The Kier molecular flexibility index (Phi) is 6.99. The zero-order chi connectivity index (χ0) is 13.7. The van der Waals surface area contributed by atoms with E-state index in [9.17, 15) is 4.39 Å². The second-order valence-electron chi connectivity index (χ2n) is 4.20. The van der Waals surface area contributed by atoms with Gasteiger partial charge in [0.05, 0.1) is 0 Å². The Morgan fingerprint density at radius 1 is 1.15 bits per heavy atom. The highest BCUT2D eigenvalue weighted by atomic mass is 79.9. The van der Waals surface area contributed by atoms with Crippen LogP contribution in [0.15, 0.2) is 46.9 Å². The Hall–Kier alpha value is -1.10. The van der Waals surface area contributed by atoms with Crippen LogP contribution in [0.3, 0.4) is 0 Å². The van der Waals surface area contributed by atoms with Gasteiger partial charge in [-0.05, 0) is 42.9 Å². The molecule has 0 fully saturated rings. The zero-order valence-corrected chi connectivity index (χ0v) is 13.4. The minimum Gasteiger partial charge on any atom is -0.489 e. The normalized spacial score (nSPS) is 9.95. The van der Waals surface area contributed by atoms with Crippen molar-refractivity contribution in [2.45, 2.75) is 13.2 Å². The van der Waals surface area contributed by atoms with Gasteiger partial charge in [-0.2, -0.15) is 0 Å². The third-order valence-corrected chi connectivity index (χ3v) is 3.19. The minimum absolute atomic E-state index is 0. The minimum atomic E-state index is -0.233. The van der Waals surface area contributed by atoms with Gasteiger partial charge in [-0.1, -0.05) is 28.1 Å². The quantitative estimate of drug-likeness (QED) is 0.858. The van der Waals surface area contributed by atoms with Crippen molar-refractivity contribution in [2.75, 3.05) is 7.05 Å². The molecule has 2 nitrogen and oxygen atoms in total. The largest absolute Gasteiger partial charge is 0.489 e. The molecule has 0 aromatic heterocycles. The number of benzene rings is 2. The van der Waals surface area contributed by atoms with Crippen molar-refractivity contribution in [1.82, 2.24) is 5.32 Å². The van der Waals surface area contributed by atoms with Crippen LogP contribution in [0.25, 0.3) is 0 Å². The van der Waals surface area contributed by atoms with Crippen LogP contribution in [0.2, 0.25) is 0 Å². The highest BCUT2D eigenvalue weighted by Crippen LogP contribution is 2.24. The maximum atomic E-state index is 12.8. The maximum Gasteiger partial charge on any atom is 0.124 e. The highest BCUT2D eigenvalue weighted by molar-refractivity contribution is 9.10. The van der Waals surface area contributed by atoms with Crippen molar-refractivity contribution in [3.8, 4) is 5.75 Å². The van der Waals surface area contributed by atoms with E-state index in [1.165, 1.54) is 12.1 Å². The van der Waals surface area contributed by atoms with Gasteiger partial charge in [0.2, 0.25) is 0 Å². The van der Waals surface area contributed by atoms with Crippen LogP contribution in [0.5, 0.6) is 5.75 Å². The van der Waals surface area contributed by atoms with E-state index >= 15 is 0 Å². The molecule has 0 spiro atoms. The summed E-state index contributed by atoms with van der Waals surface area (Å²) < 4.78 is 19.6. The Morgan fingerprint density at radius 2 is 1.85 bits per heavy atom. The van der Waals surface area contributed by atoms with E-state index in [2.05, 4.69) is 21.2 Å². The molecule has 0 heterocycles. The van der Waals surface area contributed by atoms with Crippen LogP contribution in [0.4, 0.5) is 4.39 Å². The summed E-state index contributed by atoms with van der Waals surface area (Å²) in [6, 6.07) is 12.2. The second kappa shape index (κ2) is 8.25. The molecular weight excluding hydrogens is 345 g/mol. The highest BCUT2D eigenvalue weighted by Gasteiger charge is 2.04. The summed E-state index contributed by atoms with van der Waals surface area (Å²) in [6.45, 7) is 1.16. The number of ether oxygens (including phenoxy) is 1. The SMILES string of the molecule is CNCc1cc(Br)ccc1OCc1ccc(F)cc1.Cl. The average molecular weight is 361 g/mol. The molecule has 0 saturated heterocycles. The smallest absolute Gasteiger partial charge is 0.124 e. The maximum absolute atomic E-state index is 12.8. The molecule has 2 aromatic rings. The Morgan fingerprint density at radius 3 is 2.50 bits per heavy atom. The van der Waals surface area contributed by atoms with E-state index < -0.39 is 0 Å². The van der Waals surface area contributed by atoms with Gasteiger partial charge in [-0.3, -0.25) is 0 Å². The summed E-state index contributed by atoms with van der Waals surface area (Å²) in [5, 5.41) is 3.11. The molecule has 0 unspecified atom stereocenters. The molecule has 0 bridgehead atoms. The first kappa shape index (κ1) is 17.0. The molecule has 0 aliphatic heterocycles. The molecule has 0 aliphatic rings. The standard InChI is InChI=1S/C15H15BrFNO.ClH/c1-18-9-12-8-13(16)4-7-15(12)19-10-11-2-5-14(17)6-3-11;/h2-8,18H,9-10H2,1H3;1H. The zero-order valence-electron chi connectivity index (χ0n) is 11.0. The summed E-state index contributed by atoms with van der Waals surface area (Å²) in [5.74, 6) is 0.602. The van der Waals surface area contributed by atoms with Crippen molar-refractivity contribution < 1.29 is 9.13 Å². The Balaban J connectivity index is 0.00000200. The summed E-state index contributed by atoms with van der Waals surface area (Å²) in [4.78, 5) is 0. The molecule has 0 atom stereocenters. The summed E-state index contributed by atoms with van der Waals surface area (Å²) in [5.41, 5.74) is 2.03. The van der Waals surface area contributed by atoms with Crippen molar-refractivity contribution in [3.05, 3.63) is 63.9 Å². The fourth-order valence-electron chi connectivity index (χ4n) is 1.76. The van der Waals surface area contributed by atoms with Crippen LogP contribution >= 0.6 is 28.3 Å². The second-order valence-corrected chi connectivity index (χ2v) is 5.11. The van der Waals surface area contributed by atoms with E-state index in [-0.39, 0.29) is 18.2 Å². The van der Waals surface area contributed by atoms with E-state index in [0.29, 0.717) is 6.61 Å². The number of hydrogen-bond acceptors (Lipinski definition) is 2. The molecule has 0 saturated carbocycles. The van der Waals surface area contributed by atoms with Gasteiger partial charge in [0.1, 0.15) is 18.2 Å². The average Bonchev–Trinajstić information content (AvgIpc) is 2.40. The van der Waals surface area contributed by atoms with E-state index in [1.54, 1.807) is 12.1 Å². The van der Waals surface area contributed by atoms with Gasteiger partial charge in [-0.25, -0.2) is 4.39 Å². The number of hydrogen-bond donors (Lipinski definition) is 1. The first-order valence-corrected chi connectivity index (χ1v) is 6.78. The van der Waals surface area contributed by atoms with Gasteiger partial charge in [0.25, 0.3) is 0 Å². The van der Waals surface area contributed by atoms with Crippen molar-refractivity contribution in [3.63, 3.8) is 0 Å². The number of nitrogens with one attached hydrogen (secondary N) is 1. The summed E-state index contributed by atoms with van der Waals surface area (Å²) in [6.07, 6.45) is 0. The lowest BCUT2D eigenvalue weighted by Crippen LogP contribution is -2.07. The first-order chi connectivity index (χ1) is 9.19. The topological polar surface area (TPSA) is 21.3 Å². The lowest BCUT2D eigenvalue weighted by molar-refractivity contribution is 0.302. The van der Waals surface area contributed by atoms with Crippen molar-refractivity contribution >= 4 is 28.3 Å². The number of rotatable bonds is 5. The van der Waals surface area contributed by atoms with Crippen LogP contribution in [-0.2, 0) is 13.2 Å². The van der Waals surface area contributed by atoms with Crippen LogP contribution < -0.4 is 10.1 Å². The first-order valence-electron chi connectivity index (χ1n) is 5.99. The number of halogens is 3. The van der Waals surface area contributed by atoms with E-state index in [0.717, 1.165) is 27.9 Å². The monoisotopic (exact) mass is 359 g/mol. The Labute approximate surface area is 132 Å². The lowest BCUT2D eigenvalue weighted by atomic mass is 10.2. The molecule has 5 heteroatoms. The molecular formula is C15H16BrClFNO. The third kappa shape index (κ3) is 4.78. The predicted octanol–water partition coefficient (Wildman–Crippen LogP) is 4.31. The fourth-order valence-corrected chi connectivity index (χ4v) is 2.17. The molecule has 2 aromatic carbocycles. The van der Waals surface area contributed by atoms with Crippen LogP contribution in [-0.4, -0.2) is 7.05 Å². The molecule has 2 rings (SSSR count). The van der Waals surface area contributed by atoms with Gasteiger partial charge in [-0.15, -0.1) is 12.4 Å². The van der Waals surface area contributed by atoms with Gasteiger partial charge in [0.15, 0.2) is 0 Å². The molecule has 108 valence electrons. The molecule has 0 radical (unpaired) electrons. The summed E-state index contributed by atoms with van der Waals surface area (Å²) >= 11 is 3.45. The van der Waals surface area contributed by atoms with Gasteiger partial charge < -0.3 is 10.1 Å². The van der Waals surface area contributed by atoms with Gasteiger partial charge in [0, 0.05) is 16.6 Å². The third-order valence-electron chi connectivity index (χ3n) is 2.70. The molecule has 1 N–H and O–H groups in total. The Bertz CT molecular complexity index is 548. The van der Waals surface area contributed by atoms with E-state index in [1.807, 2.05) is 25.2 Å². The van der Waals surface area contributed by atoms with E-state index in [4.69, 9.17) is 4.74 Å². The van der Waals surface area contributed by atoms with Crippen LogP contribution in [0.1, 0.15) is 11.1 Å².